The molecule has 4 bridgehead atoms. The summed E-state index contributed by atoms with van der Waals surface area (Å²) in [5.74, 6) is 2.40. The predicted octanol–water partition coefficient (Wildman–Crippen LogP) is 3.72. The largest absolute Gasteiger partial charge is 0.316 e. The molecule has 5 aliphatic carbocycles. The number of ketones is 1. The highest BCUT2D eigenvalue weighted by atomic mass is 16.1. The van der Waals surface area contributed by atoms with Gasteiger partial charge in [0.1, 0.15) is 5.78 Å². The van der Waals surface area contributed by atoms with Gasteiger partial charge in [0.15, 0.2) is 0 Å². The second kappa shape index (κ2) is 4.06. The molecular formula is C20H29NO. The monoisotopic (exact) mass is 299 g/mol. The Balaban J connectivity index is 1.62. The lowest BCUT2D eigenvalue weighted by Gasteiger charge is -2.70. The minimum Gasteiger partial charge on any atom is -0.316 e. The zero-order valence-corrected chi connectivity index (χ0v) is 13.9. The van der Waals surface area contributed by atoms with Gasteiger partial charge in [-0.15, -0.1) is 0 Å². The van der Waals surface area contributed by atoms with Crippen molar-refractivity contribution in [2.24, 2.45) is 34.0 Å². The van der Waals surface area contributed by atoms with Crippen LogP contribution in [0.5, 0.6) is 0 Å². The van der Waals surface area contributed by atoms with Crippen molar-refractivity contribution in [1.29, 1.82) is 0 Å². The molecule has 6 aliphatic rings. The van der Waals surface area contributed by atoms with Gasteiger partial charge in [-0.05, 0) is 66.6 Å². The number of carbonyl (C=O) groups is 1. The Hall–Kier alpha value is -0.630. The molecule has 0 radical (unpaired) electrons. The molecule has 2 nitrogen and oxygen atoms in total. The molecule has 0 aromatic heterocycles. The van der Waals surface area contributed by atoms with Crippen molar-refractivity contribution in [1.82, 2.24) is 5.32 Å². The lowest BCUT2D eigenvalue weighted by Crippen LogP contribution is -2.68. The molecule has 6 atom stereocenters. The molecule has 0 aromatic carbocycles. The van der Waals surface area contributed by atoms with Crippen LogP contribution < -0.4 is 5.32 Å². The van der Waals surface area contributed by atoms with Crippen molar-refractivity contribution in [2.75, 3.05) is 13.1 Å². The average Bonchev–Trinajstić information content (AvgIpc) is 2.44. The number of Topliss-reactive ketones (excluding diaryl/α,β-unsaturated/α-hetero) is 1. The SMILES string of the molecule is C=C1C[C@@]23CC[C@@H]4[C@@]5(C)CCC[C@@]4(CNC5)[C@@H]2C[C@@H]1C(=O)C3. The standard InChI is InChI=1S/C20H29NO/c1-13-9-19-7-4-16-18(2)5-3-6-20(16,12-21-11-18)17(19)8-14(13)15(22)10-19/h14,16-17,21H,1,3-12H2,2H3/t14-,16+,17+,18-,19+,20-/m0/s1. The fraction of sp³-hybridized carbons (Fsp3) is 0.850. The first-order valence-corrected chi connectivity index (χ1v) is 9.40. The zero-order chi connectivity index (χ0) is 15.2. The van der Waals surface area contributed by atoms with Crippen LogP contribution in [-0.2, 0) is 4.79 Å². The Morgan fingerprint density at radius 1 is 1.14 bits per heavy atom. The van der Waals surface area contributed by atoms with Gasteiger partial charge >= 0.3 is 0 Å². The number of nitrogens with one attached hydrogen (secondary N) is 1. The molecule has 0 aromatic rings. The highest BCUT2D eigenvalue weighted by Gasteiger charge is 2.67. The highest BCUT2D eigenvalue weighted by Crippen LogP contribution is 2.72. The van der Waals surface area contributed by atoms with Gasteiger partial charge in [-0.1, -0.05) is 25.5 Å². The van der Waals surface area contributed by atoms with E-state index in [4.69, 9.17) is 0 Å². The van der Waals surface area contributed by atoms with E-state index < -0.39 is 0 Å². The van der Waals surface area contributed by atoms with Crippen LogP contribution >= 0.6 is 0 Å². The van der Waals surface area contributed by atoms with Gasteiger partial charge in [0.05, 0.1) is 0 Å². The van der Waals surface area contributed by atoms with Gasteiger partial charge in [0.2, 0.25) is 0 Å². The van der Waals surface area contributed by atoms with Gasteiger partial charge in [-0.25, -0.2) is 0 Å². The second-order valence-electron chi connectivity index (χ2n) is 9.62. The van der Waals surface area contributed by atoms with E-state index in [1.165, 1.54) is 50.8 Å². The van der Waals surface area contributed by atoms with Crippen LogP contribution in [-0.4, -0.2) is 18.9 Å². The smallest absolute Gasteiger partial charge is 0.140 e. The summed E-state index contributed by atoms with van der Waals surface area (Å²) in [6.07, 6.45) is 10.0. The van der Waals surface area contributed by atoms with Crippen LogP contribution in [0.3, 0.4) is 0 Å². The molecule has 0 unspecified atom stereocenters. The lowest BCUT2D eigenvalue weighted by atomic mass is 9.35. The fourth-order valence-electron chi connectivity index (χ4n) is 8.04. The number of hydrogen-bond donors (Lipinski definition) is 1. The molecule has 1 N–H and O–H groups in total. The fourth-order valence-corrected chi connectivity index (χ4v) is 8.04. The van der Waals surface area contributed by atoms with Crippen LogP contribution in [0.25, 0.3) is 0 Å². The molecule has 5 saturated carbocycles. The molecule has 22 heavy (non-hydrogen) atoms. The van der Waals surface area contributed by atoms with E-state index in [-0.39, 0.29) is 11.3 Å². The Morgan fingerprint density at radius 3 is 2.82 bits per heavy atom. The van der Waals surface area contributed by atoms with Gasteiger partial charge in [-0.3, -0.25) is 4.79 Å². The summed E-state index contributed by atoms with van der Waals surface area (Å²) in [5.41, 5.74) is 2.56. The quantitative estimate of drug-likeness (QED) is 0.691. The van der Waals surface area contributed by atoms with Crippen LogP contribution in [0.2, 0.25) is 0 Å². The molecule has 6 fully saturated rings. The minimum absolute atomic E-state index is 0.204. The van der Waals surface area contributed by atoms with Gasteiger partial charge in [0.25, 0.3) is 0 Å². The number of rotatable bonds is 0. The number of allylic oxidation sites excluding steroid dienone is 1. The van der Waals surface area contributed by atoms with Crippen LogP contribution in [0, 0.1) is 34.0 Å². The van der Waals surface area contributed by atoms with Crippen molar-refractivity contribution in [2.45, 2.75) is 58.3 Å². The Morgan fingerprint density at radius 2 is 2.00 bits per heavy atom. The van der Waals surface area contributed by atoms with E-state index in [2.05, 4.69) is 18.8 Å². The van der Waals surface area contributed by atoms with E-state index in [1.54, 1.807) is 0 Å². The molecule has 1 heterocycles. The summed E-state index contributed by atoms with van der Waals surface area (Å²) < 4.78 is 0. The van der Waals surface area contributed by atoms with Crippen LogP contribution in [0.15, 0.2) is 12.2 Å². The summed E-state index contributed by atoms with van der Waals surface area (Å²) in [7, 11) is 0. The average molecular weight is 299 g/mol. The van der Waals surface area contributed by atoms with E-state index in [9.17, 15) is 4.79 Å². The van der Waals surface area contributed by atoms with Crippen molar-refractivity contribution in [3.63, 3.8) is 0 Å². The van der Waals surface area contributed by atoms with Crippen molar-refractivity contribution >= 4 is 5.78 Å². The third-order valence-electron chi connectivity index (χ3n) is 8.73. The van der Waals surface area contributed by atoms with Crippen LogP contribution in [0.1, 0.15) is 58.3 Å². The van der Waals surface area contributed by atoms with Crippen molar-refractivity contribution in [3.8, 4) is 0 Å². The summed E-state index contributed by atoms with van der Waals surface area (Å²) in [6, 6.07) is 0. The van der Waals surface area contributed by atoms with E-state index >= 15 is 0 Å². The Kier molecular flexibility index (Phi) is 2.54. The first-order chi connectivity index (χ1) is 10.5. The van der Waals surface area contributed by atoms with Gasteiger partial charge < -0.3 is 5.32 Å². The van der Waals surface area contributed by atoms with E-state index in [0.29, 0.717) is 16.6 Å². The Bertz CT molecular complexity index is 534. The normalized spacial score (nSPS) is 56.5. The van der Waals surface area contributed by atoms with Gasteiger partial charge in [0, 0.05) is 25.4 Å². The highest BCUT2D eigenvalue weighted by molar-refractivity contribution is 5.87. The molecule has 2 heteroatoms. The van der Waals surface area contributed by atoms with E-state index in [0.717, 1.165) is 31.1 Å². The molecule has 120 valence electrons. The first kappa shape index (κ1) is 13.8. The number of hydrogen-bond acceptors (Lipinski definition) is 2. The van der Waals surface area contributed by atoms with Crippen LogP contribution in [0.4, 0.5) is 0 Å². The lowest BCUT2D eigenvalue weighted by molar-refractivity contribution is -0.193. The summed E-state index contributed by atoms with van der Waals surface area (Å²) in [6.45, 7) is 9.27. The third-order valence-corrected chi connectivity index (χ3v) is 8.73. The number of carbonyl (C=O) groups excluding carboxylic acids is 1. The molecule has 1 spiro atoms. The zero-order valence-electron chi connectivity index (χ0n) is 13.9. The number of fused-ring (bicyclic) bond motifs is 2. The minimum atomic E-state index is 0.204. The molecule has 1 saturated heterocycles. The summed E-state index contributed by atoms with van der Waals surface area (Å²) in [5, 5.41) is 3.82. The van der Waals surface area contributed by atoms with Crippen molar-refractivity contribution < 1.29 is 4.79 Å². The predicted molar refractivity (Wildman–Crippen MR) is 87.4 cm³/mol. The summed E-state index contributed by atoms with van der Waals surface area (Å²) in [4.78, 5) is 12.5. The molecular weight excluding hydrogens is 270 g/mol. The molecule has 0 amide bonds. The maximum atomic E-state index is 12.5. The number of piperidine rings is 1. The molecule has 1 aliphatic heterocycles. The molecule has 6 rings (SSSR count). The maximum absolute atomic E-state index is 12.5. The van der Waals surface area contributed by atoms with E-state index in [1.807, 2.05) is 0 Å². The topological polar surface area (TPSA) is 29.1 Å². The first-order valence-electron chi connectivity index (χ1n) is 9.40. The van der Waals surface area contributed by atoms with Gasteiger partial charge in [-0.2, -0.15) is 0 Å². The Labute approximate surface area is 134 Å². The maximum Gasteiger partial charge on any atom is 0.140 e. The van der Waals surface area contributed by atoms with Crippen molar-refractivity contribution in [3.05, 3.63) is 12.2 Å². The second-order valence-corrected chi connectivity index (χ2v) is 9.62. The third kappa shape index (κ3) is 1.44. The summed E-state index contributed by atoms with van der Waals surface area (Å²) >= 11 is 0.